The number of hydrogen-bond donors (Lipinski definition) is 1. The molecule has 0 saturated carbocycles. The molecule has 0 saturated heterocycles. The van der Waals surface area contributed by atoms with E-state index in [-0.39, 0.29) is 5.82 Å². The van der Waals surface area contributed by atoms with Crippen LogP contribution in [0.3, 0.4) is 0 Å². The highest BCUT2D eigenvalue weighted by atomic mass is 32.1. The highest BCUT2D eigenvalue weighted by Gasteiger charge is 2.20. The van der Waals surface area contributed by atoms with Crippen LogP contribution in [-0.4, -0.2) is 23.5 Å². The standard InChI is InChI=1S/C20H15FN2O3S2/c1-10-6-7-13-15(8-10)28-20(22-13)23-16(24)9-26-19(25)18-11(2)17-12(21)4-3-5-14(17)27-18/h3-8H,9H2,1-2H3,(H,22,23,24). The minimum absolute atomic E-state index is 0.295. The van der Waals surface area contributed by atoms with Gasteiger partial charge in [-0.05, 0) is 49.2 Å². The second kappa shape index (κ2) is 7.29. The molecular formula is C20H15FN2O3S2. The summed E-state index contributed by atoms with van der Waals surface area (Å²) >= 11 is 2.50. The molecule has 2 aromatic carbocycles. The van der Waals surface area contributed by atoms with Crippen LogP contribution < -0.4 is 5.32 Å². The first-order valence-corrected chi connectivity index (χ1v) is 10.1. The van der Waals surface area contributed by atoms with Crippen LogP contribution in [0.5, 0.6) is 0 Å². The van der Waals surface area contributed by atoms with Crippen molar-refractivity contribution in [2.75, 3.05) is 11.9 Å². The number of thiazole rings is 1. The average molecular weight is 414 g/mol. The molecule has 0 unspecified atom stereocenters. The van der Waals surface area contributed by atoms with Crippen molar-refractivity contribution in [1.82, 2.24) is 4.98 Å². The summed E-state index contributed by atoms with van der Waals surface area (Å²) in [4.78, 5) is 29.1. The van der Waals surface area contributed by atoms with E-state index in [1.165, 1.54) is 17.4 Å². The van der Waals surface area contributed by atoms with Gasteiger partial charge in [-0.3, -0.25) is 10.1 Å². The average Bonchev–Trinajstić information content (AvgIpc) is 3.20. The zero-order chi connectivity index (χ0) is 19.8. The van der Waals surface area contributed by atoms with Crippen LogP contribution in [0.2, 0.25) is 0 Å². The summed E-state index contributed by atoms with van der Waals surface area (Å²) in [7, 11) is 0. The molecule has 0 radical (unpaired) electrons. The number of thiophene rings is 1. The minimum atomic E-state index is -0.645. The first-order valence-electron chi connectivity index (χ1n) is 8.44. The summed E-state index contributed by atoms with van der Waals surface area (Å²) in [5.74, 6) is -1.50. The van der Waals surface area contributed by atoms with Crippen LogP contribution in [0.15, 0.2) is 36.4 Å². The monoisotopic (exact) mass is 414 g/mol. The van der Waals surface area contributed by atoms with E-state index in [1.54, 1.807) is 19.1 Å². The maximum atomic E-state index is 14.0. The molecule has 4 rings (SSSR count). The van der Waals surface area contributed by atoms with Gasteiger partial charge in [0.2, 0.25) is 0 Å². The molecule has 2 heterocycles. The van der Waals surface area contributed by atoms with Crippen LogP contribution in [-0.2, 0) is 9.53 Å². The molecule has 0 aliphatic rings. The summed E-state index contributed by atoms with van der Waals surface area (Å²) in [6.07, 6.45) is 0. The molecule has 5 nitrogen and oxygen atoms in total. The number of halogens is 1. The van der Waals surface area contributed by atoms with Gasteiger partial charge >= 0.3 is 5.97 Å². The molecule has 1 N–H and O–H groups in total. The fourth-order valence-corrected chi connectivity index (χ4v) is 4.98. The van der Waals surface area contributed by atoms with Crippen molar-refractivity contribution < 1.29 is 18.7 Å². The number of nitrogens with one attached hydrogen (secondary N) is 1. The number of rotatable bonds is 4. The number of aryl methyl sites for hydroxylation is 2. The van der Waals surface area contributed by atoms with Gasteiger partial charge in [0.05, 0.1) is 10.2 Å². The number of carbonyl (C=O) groups is 2. The summed E-state index contributed by atoms with van der Waals surface area (Å²) in [5, 5.41) is 3.50. The van der Waals surface area contributed by atoms with E-state index >= 15 is 0 Å². The Morgan fingerprint density at radius 3 is 2.75 bits per heavy atom. The first-order chi connectivity index (χ1) is 13.4. The zero-order valence-electron chi connectivity index (χ0n) is 15.0. The third-order valence-corrected chi connectivity index (χ3v) is 6.38. The van der Waals surface area contributed by atoms with Gasteiger partial charge in [-0.2, -0.15) is 0 Å². The first kappa shape index (κ1) is 18.5. The molecular weight excluding hydrogens is 399 g/mol. The van der Waals surface area contributed by atoms with Crippen LogP contribution >= 0.6 is 22.7 Å². The molecule has 1 amide bonds. The summed E-state index contributed by atoms with van der Waals surface area (Å²) < 4.78 is 20.7. The minimum Gasteiger partial charge on any atom is -0.451 e. The fourth-order valence-electron chi connectivity index (χ4n) is 2.89. The second-order valence-corrected chi connectivity index (χ2v) is 8.37. The van der Waals surface area contributed by atoms with Gasteiger partial charge in [0, 0.05) is 10.1 Å². The smallest absolute Gasteiger partial charge is 0.349 e. The van der Waals surface area contributed by atoms with E-state index < -0.39 is 18.5 Å². The lowest BCUT2D eigenvalue weighted by molar-refractivity contribution is -0.119. The maximum Gasteiger partial charge on any atom is 0.349 e. The molecule has 0 bridgehead atoms. The third-order valence-electron chi connectivity index (χ3n) is 4.21. The largest absolute Gasteiger partial charge is 0.451 e. The Labute approximate surface area is 167 Å². The predicted molar refractivity (Wildman–Crippen MR) is 110 cm³/mol. The van der Waals surface area contributed by atoms with Gasteiger partial charge < -0.3 is 4.74 Å². The lowest BCUT2D eigenvalue weighted by atomic mass is 10.1. The SMILES string of the molecule is Cc1ccc2nc(NC(=O)COC(=O)c3sc4cccc(F)c4c3C)sc2c1. The fraction of sp³-hybridized carbons (Fsp3) is 0.150. The Hall–Kier alpha value is -2.84. The molecule has 0 spiro atoms. The number of nitrogens with zero attached hydrogens (tertiary/aromatic N) is 1. The molecule has 2 aromatic heterocycles. The van der Waals surface area contributed by atoms with Crippen molar-refractivity contribution in [1.29, 1.82) is 0 Å². The summed E-state index contributed by atoms with van der Waals surface area (Å²) in [6.45, 7) is 3.21. The number of anilines is 1. The Morgan fingerprint density at radius 1 is 1.14 bits per heavy atom. The van der Waals surface area contributed by atoms with Crippen molar-refractivity contribution >= 4 is 60.0 Å². The van der Waals surface area contributed by atoms with Crippen LogP contribution in [0.1, 0.15) is 20.8 Å². The maximum absolute atomic E-state index is 14.0. The van der Waals surface area contributed by atoms with Gasteiger partial charge in [0.15, 0.2) is 11.7 Å². The van der Waals surface area contributed by atoms with Crippen LogP contribution in [0.4, 0.5) is 9.52 Å². The van der Waals surface area contributed by atoms with Gasteiger partial charge in [-0.25, -0.2) is 14.2 Å². The normalized spacial score (nSPS) is 11.1. The highest BCUT2D eigenvalue weighted by Crippen LogP contribution is 2.33. The van der Waals surface area contributed by atoms with Crippen molar-refractivity contribution in [3.63, 3.8) is 0 Å². The number of esters is 1. The van der Waals surface area contributed by atoms with Gasteiger partial charge in [-0.15, -0.1) is 11.3 Å². The quantitative estimate of drug-likeness (QED) is 0.474. The molecule has 0 fully saturated rings. The van der Waals surface area contributed by atoms with E-state index in [2.05, 4.69) is 10.3 Å². The third kappa shape index (κ3) is 3.48. The Bertz CT molecular complexity index is 1230. The zero-order valence-corrected chi connectivity index (χ0v) is 16.7. The van der Waals surface area contributed by atoms with E-state index in [9.17, 15) is 14.0 Å². The summed E-state index contributed by atoms with van der Waals surface area (Å²) in [5.41, 5.74) is 2.42. The van der Waals surface area contributed by atoms with Gasteiger partial charge in [0.25, 0.3) is 5.91 Å². The van der Waals surface area contributed by atoms with E-state index in [0.717, 1.165) is 27.1 Å². The van der Waals surface area contributed by atoms with E-state index in [0.29, 0.717) is 25.7 Å². The lowest BCUT2D eigenvalue weighted by Gasteiger charge is -2.04. The molecule has 0 atom stereocenters. The molecule has 4 aromatic rings. The number of ether oxygens (including phenoxy) is 1. The Morgan fingerprint density at radius 2 is 1.96 bits per heavy atom. The van der Waals surface area contributed by atoms with E-state index in [1.807, 2.05) is 25.1 Å². The van der Waals surface area contributed by atoms with Crippen LogP contribution in [0.25, 0.3) is 20.3 Å². The highest BCUT2D eigenvalue weighted by molar-refractivity contribution is 7.22. The molecule has 8 heteroatoms. The van der Waals surface area contributed by atoms with E-state index in [4.69, 9.17) is 4.74 Å². The Kier molecular flexibility index (Phi) is 4.82. The summed E-state index contributed by atoms with van der Waals surface area (Å²) in [6, 6.07) is 10.5. The number of hydrogen-bond acceptors (Lipinski definition) is 6. The van der Waals surface area contributed by atoms with Crippen molar-refractivity contribution in [3.05, 3.63) is 58.2 Å². The second-order valence-electron chi connectivity index (χ2n) is 6.28. The Balaban J connectivity index is 1.43. The van der Waals surface area contributed by atoms with Crippen LogP contribution in [0, 0.1) is 19.7 Å². The topological polar surface area (TPSA) is 68.3 Å². The van der Waals surface area contributed by atoms with Crippen molar-refractivity contribution in [3.8, 4) is 0 Å². The number of carbonyl (C=O) groups excluding carboxylic acids is 2. The molecule has 28 heavy (non-hydrogen) atoms. The molecule has 0 aliphatic carbocycles. The number of benzene rings is 2. The number of aromatic nitrogens is 1. The van der Waals surface area contributed by atoms with Gasteiger partial charge in [0.1, 0.15) is 10.7 Å². The van der Waals surface area contributed by atoms with Gasteiger partial charge in [-0.1, -0.05) is 23.5 Å². The predicted octanol–water partition coefficient (Wildman–Crippen LogP) is 5.06. The number of amides is 1. The number of fused-ring (bicyclic) bond motifs is 2. The van der Waals surface area contributed by atoms with Crippen molar-refractivity contribution in [2.24, 2.45) is 0 Å². The molecule has 142 valence electrons. The molecule has 0 aliphatic heterocycles. The lowest BCUT2D eigenvalue weighted by Crippen LogP contribution is -2.20. The van der Waals surface area contributed by atoms with Crippen molar-refractivity contribution in [2.45, 2.75) is 13.8 Å².